The lowest BCUT2D eigenvalue weighted by atomic mass is 10.1. The fourth-order valence-corrected chi connectivity index (χ4v) is 1.12. The highest BCUT2D eigenvalue weighted by Crippen LogP contribution is 2.10. The molecule has 18 heavy (non-hydrogen) atoms. The average Bonchev–Trinajstić information content (AvgIpc) is 2.34. The summed E-state index contributed by atoms with van der Waals surface area (Å²) < 4.78 is 9.00. The van der Waals surface area contributed by atoms with Crippen LogP contribution in [0.15, 0.2) is 36.8 Å². The Morgan fingerprint density at radius 1 is 1.06 bits per heavy atom. The molecule has 1 aromatic carbocycles. The van der Waals surface area contributed by atoms with Gasteiger partial charge in [-0.15, -0.1) is 0 Å². The summed E-state index contributed by atoms with van der Waals surface area (Å²) in [6, 6.07) is 5.62. The quantitative estimate of drug-likeness (QED) is 0.644. The van der Waals surface area contributed by atoms with Gasteiger partial charge < -0.3 is 14.6 Å². The second kappa shape index (κ2) is 6.19. The van der Waals surface area contributed by atoms with Gasteiger partial charge in [-0.25, -0.2) is 9.59 Å². The van der Waals surface area contributed by atoms with Crippen molar-refractivity contribution in [2.75, 3.05) is 0 Å². The molecule has 0 spiro atoms. The van der Waals surface area contributed by atoms with E-state index in [4.69, 9.17) is 5.11 Å². The second-order valence-corrected chi connectivity index (χ2v) is 3.14. The first kappa shape index (κ1) is 13.4. The number of hydrogen-bond donors (Lipinski definition) is 1. The Labute approximate surface area is 102 Å². The van der Waals surface area contributed by atoms with Crippen molar-refractivity contribution in [3.63, 3.8) is 0 Å². The van der Waals surface area contributed by atoms with Crippen molar-refractivity contribution in [3.05, 3.63) is 47.9 Å². The predicted octanol–water partition coefficient (Wildman–Crippen LogP) is 1.58. The maximum Gasteiger partial charge on any atom is 0.343 e. The molecular weight excluding hydrogens is 240 g/mol. The van der Waals surface area contributed by atoms with E-state index in [-0.39, 0.29) is 11.1 Å². The monoisotopic (exact) mass is 250 g/mol. The highest BCUT2D eigenvalue weighted by Gasteiger charge is 2.16. The first-order valence-corrected chi connectivity index (χ1v) is 4.88. The number of carboxylic acids is 1. The first-order chi connectivity index (χ1) is 8.52. The lowest BCUT2D eigenvalue weighted by Crippen LogP contribution is -2.09. The van der Waals surface area contributed by atoms with Gasteiger partial charge in [0.2, 0.25) is 0 Å². The largest absolute Gasteiger partial charge is 0.478 e. The minimum atomic E-state index is -1.23. The van der Waals surface area contributed by atoms with Crippen LogP contribution in [0.4, 0.5) is 0 Å². The molecule has 0 bridgehead atoms. The van der Waals surface area contributed by atoms with Crippen molar-refractivity contribution in [1.82, 2.24) is 0 Å². The third-order valence-corrected chi connectivity index (χ3v) is 1.84. The summed E-state index contributed by atoms with van der Waals surface area (Å²) in [6.45, 7) is 1.19. The number of benzene rings is 1. The summed E-state index contributed by atoms with van der Waals surface area (Å²) in [5, 5.41) is 8.86. The Hall–Kier alpha value is -2.63. The van der Waals surface area contributed by atoms with Crippen molar-refractivity contribution in [2.24, 2.45) is 0 Å². The molecule has 0 aliphatic heterocycles. The normalized spacial score (nSPS) is 10.1. The van der Waals surface area contributed by atoms with Gasteiger partial charge in [0, 0.05) is 6.92 Å². The zero-order valence-electron chi connectivity index (χ0n) is 9.45. The molecule has 94 valence electrons. The summed E-state index contributed by atoms with van der Waals surface area (Å²) in [6.07, 6.45) is 1.76. The van der Waals surface area contributed by atoms with E-state index in [1.54, 1.807) is 0 Å². The number of aromatic carboxylic acids is 1. The standard InChI is InChI=1S/C12H10O6/c1-8(13)17-6-7-18-12(16)10-5-3-2-4-9(10)11(14)15/h2-7H,1H3,(H,14,15). The molecule has 0 atom stereocenters. The maximum atomic E-state index is 11.5. The van der Waals surface area contributed by atoms with Gasteiger partial charge in [-0.2, -0.15) is 0 Å². The van der Waals surface area contributed by atoms with Gasteiger partial charge in [-0.1, -0.05) is 12.1 Å². The number of hydrogen-bond acceptors (Lipinski definition) is 5. The van der Waals surface area contributed by atoms with Gasteiger partial charge in [0.15, 0.2) is 0 Å². The van der Waals surface area contributed by atoms with Gasteiger partial charge >= 0.3 is 17.9 Å². The van der Waals surface area contributed by atoms with Crippen molar-refractivity contribution in [2.45, 2.75) is 6.92 Å². The van der Waals surface area contributed by atoms with Crippen molar-refractivity contribution in [3.8, 4) is 0 Å². The Balaban J connectivity index is 2.76. The molecule has 6 nitrogen and oxygen atoms in total. The molecule has 0 amide bonds. The van der Waals surface area contributed by atoms with E-state index in [0.29, 0.717) is 0 Å². The fraction of sp³-hybridized carbons (Fsp3) is 0.0833. The molecule has 0 fully saturated rings. The molecule has 0 heterocycles. The molecule has 0 aliphatic carbocycles. The number of carboxylic acid groups (broad SMARTS) is 1. The Morgan fingerprint density at radius 3 is 2.17 bits per heavy atom. The van der Waals surface area contributed by atoms with E-state index in [0.717, 1.165) is 12.5 Å². The van der Waals surface area contributed by atoms with Crippen molar-refractivity contribution in [1.29, 1.82) is 0 Å². The molecule has 1 N–H and O–H groups in total. The number of esters is 2. The van der Waals surface area contributed by atoms with Gasteiger partial charge in [0.05, 0.1) is 11.1 Å². The molecule has 0 radical (unpaired) electrons. The lowest BCUT2D eigenvalue weighted by Gasteiger charge is -2.03. The lowest BCUT2D eigenvalue weighted by molar-refractivity contribution is -0.135. The van der Waals surface area contributed by atoms with E-state index in [2.05, 4.69) is 9.47 Å². The van der Waals surface area contributed by atoms with Gasteiger partial charge in [0.25, 0.3) is 0 Å². The molecule has 0 aliphatic rings. The van der Waals surface area contributed by atoms with E-state index < -0.39 is 17.9 Å². The maximum absolute atomic E-state index is 11.5. The smallest absolute Gasteiger partial charge is 0.343 e. The topological polar surface area (TPSA) is 89.9 Å². The van der Waals surface area contributed by atoms with E-state index >= 15 is 0 Å². The average molecular weight is 250 g/mol. The minimum Gasteiger partial charge on any atom is -0.478 e. The van der Waals surface area contributed by atoms with Crippen LogP contribution in [-0.2, 0) is 14.3 Å². The third-order valence-electron chi connectivity index (χ3n) is 1.84. The van der Waals surface area contributed by atoms with Crippen LogP contribution in [0, 0.1) is 0 Å². The minimum absolute atomic E-state index is 0.0857. The van der Waals surface area contributed by atoms with Crippen LogP contribution < -0.4 is 0 Å². The molecule has 0 aromatic heterocycles. The highest BCUT2D eigenvalue weighted by molar-refractivity contribution is 6.02. The molecule has 1 aromatic rings. The summed E-state index contributed by atoms with van der Waals surface area (Å²) in [7, 11) is 0. The van der Waals surface area contributed by atoms with Crippen LogP contribution in [0.1, 0.15) is 27.6 Å². The molecule has 0 unspecified atom stereocenters. The van der Waals surface area contributed by atoms with Gasteiger partial charge in [-0.3, -0.25) is 4.79 Å². The van der Waals surface area contributed by atoms with Crippen molar-refractivity contribution < 1.29 is 29.0 Å². The Morgan fingerprint density at radius 2 is 1.61 bits per heavy atom. The SMILES string of the molecule is CC(=O)OC=COC(=O)c1ccccc1C(=O)O. The van der Waals surface area contributed by atoms with E-state index in [1.807, 2.05) is 0 Å². The van der Waals surface area contributed by atoms with Gasteiger partial charge in [-0.05, 0) is 12.1 Å². The molecule has 0 saturated carbocycles. The van der Waals surface area contributed by atoms with E-state index in [1.165, 1.54) is 31.2 Å². The van der Waals surface area contributed by atoms with Gasteiger partial charge in [0.1, 0.15) is 12.5 Å². The molecule has 1 rings (SSSR count). The van der Waals surface area contributed by atoms with Crippen LogP contribution in [0.25, 0.3) is 0 Å². The fourth-order valence-electron chi connectivity index (χ4n) is 1.12. The van der Waals surface area contributed by atoms with Crippen LogP contribution in [0.2, 0.25) is 0 Å². The summed E-state index contributed by atoms with van der Waals surface area (Å²) in [4.78, 5) is 32.8. The van der Waals surface area contributed by atoms with Crippen LogP contribution >= 0.6 is 0 Å². The number of carbonyl (C=O) groups excluding carboxylic acids is 2. The molecule has 6 heteroatoms. The third kappa shape index (κ3) is 3.75. The summed E-state index contributed by atoms with van der Waals surface area (Å²) in [5.74, 6) is -2.64. The second-order valence-electron chi connectivity index (χ2n) is 3.14. The number of rotatable bonds is 4. The Bertz CT molecular complexity index is 503. The summed E-state index contributed by atoms with van der Waals surface area (Å²) in [5.41, 5.74) is -0.249. The van der Waals surface area contributed by atoms with E-state index in [9.17, 15) is 14.4 Å². The van der Waals surface area contributed by atoms with Crippen LogP contribution in [-0.4, -0.2) is 23.0 Å². The number of carbonyl (C=O) groups is 3. The van der Waals surface area contributed by atoms with Crippen LogP contribution in [0.3, 0.4) is 0 Å². The van der Waals surface area contributed by atoms with Crippen LogP contribution in [0.5, 0.6) is 0 Å². The first-order valence-electron chi connectivity index (χ1n) is 4.88. The zero-order valence-corrected chi connectivity index (χ0v) is 9.45. The summed E-state index contributed by atoms with van der Waals surface area (Å²) >= 11 is 0. The zero-order chi connectivity index (χ0) is 13.5. The highest BCUT2D eigenvalue weighted by atomic mass is 16.6. The molecular formula is C12H10O6. The Kier molecular flexibility index (Phi) is 4.62. The number of ether oxygens (including phenoxy) is 2. The predicted molar refractivity (Wildman–Crippen MR) is 59.7 cm³/mol. The van der Waals surface area contributed by atoms with Crippen molar-refractivity contribution >= 4 is 17.9 Å². The molecule has 0 saturated heterocycles.